The van der Waals surface area contributed by atoms with E-state index in [0.29, 0.717) is 16.4 Å². The van der Waals surface area contributed by atoms with Crippen LogP contribution in [0.3, 0.4) is 0 Å². The largest absolute Gasteiger partial charge is 0.397 e. The molecule has 1 amide bonds. The Morgan fingerprint density at radius 2 is 2.06 bits per heavy atom. The number of anilines is 2. The van der Waals surface area contributed by atoms with Crippen molar-refractivity contribution in [2.24, 2.45) is 5.41 Å². The lowest BCUT2D eigenvalue weighted by Gasteiger charge is -2.22. The van der Waals surface area contributed by atoms with E-state index in [4.69, 9.17) is 17.3 Å². The monoisotopic (exact) mass is 252 g/mol. The third-order valence-corrected chi connectivity index (χ3v) is 3.75. The second-order valence-corrected chi connectivity index (χ2v) is 5.39. The Balaban J connectivity index is 2.15. The minimum atomic E-state index is -0.255. The summed E-state index contributed by atoms with van der Waals surface area (Å²) in [5.74, 6) is 0.0453. The maximum atomic E-state index is 12.2. The molecule has 92 valence electrons. The second kappa shape index (κ2) is 4.57. The summed E-state index contributed by atoms with van der Waals surface area (Å²) >= 11 is 5.89. The van der Waals surface area contributed by atoms with Crippen LogP contribution in [0.4, 0.5) is 11.4 Å². The van der Waals surface area contributed by atoms with Crippen molar-refractivity contribution >= 4 is 28.9 Å². The lowest BCUT2D eigenvalue weighted by atomic mass is 9.88. The van der Waals surface area contributed by atoms with E-state index in [2.05, 4.69) is 5.32 Å². The zero-order valence-corrected chi connectivity index (χ0v) is 10.7. The molecule has 1 aliphatic rings. The average Bonchev–Trinajstić information content (AvgIpc) is 2.72. The molecule has 0 heterocycles. The van der Waals surface area contributed by atoms with Gasteiger partial charge in [0, 0.05) is 10.4 Å². The predicted octanol–water partition coefficient (Wildman–Crippen LogP) is 3.44. The van der Waals surface area contributed by atoms with Gasteiger partial charge in [-0.3, -0.25) is 4.79 Å². The Bertz CT molecular complexity index is 439. The summed E-state index contributed by atoms with van der Waals surface area (Å²) in [6.07, 6.45) is 4.13. The van der Waals surface area contributed by atoms with Crippen LogP contribution in [0.5, 0.6) is 0 Å². The van der Waals surface area contributed by atoms with Gasteiger partial charge in [0.05, 0.1) is 11.4 Å². The molecule has 0 aromatic heterocycles. The molecule has 1 fully saturated rings. The second-order valence-electron chi connectivity index (χ2n) is 4.95. The fraction of sp³-hybridized carbons (Fsp3) is 0.462. The molecule has 1 aromatic rings. The van der Waals surface area contributed by atoms with Crippen molar-refractivity contribution in [2.45, 2.75) is 32.6 Å². The van der Waals surface area contributed by atoms with Crippen LogP contribution in [-0.2, 0) is 4.79 Å². The van der Waals surface area contributed by atoms with Crippen LogP contribution in [0.25, 0.3) is 0 Å². The standard InChI is InChI=1S/C13H17ClN2O/c1-13(6-2-3-7-13)12(17)16-11-8-9(14)4-5-10(11)15/h4-5,8H,2-3,6-7,15H2,1H3,(H,16,17). The Morgan fingerprint density at radius 3 is 2.71 bits per heavy atom. The highest BCUT2D eigenvalue weighted by atomic mass is 35.5. The van der Waals surface area contributed by atoms with Crippen LogP contribution in [0.1, 0.15) is 32.6 Å². The molecule has 17 heavy (non-hydrogen) atoms. The third kappa shape index (κ3) is 2.55. The van der Waals surface area contributed by atoms with Crippen molar-refractivity contribution in [1.29, 1.82) is 0 Å². The number of benzene rings is 1. The van der Waals surface area contributed by atoms with Gasteiger partial charge in [-0.05, 0) is 31.0 Å². The summed E-state index contributed by atoms with van der Waals surface area (Å²) in [5, 5.41) is 3.46. The molecule has 1 aliphatic carbocycles. The molecule has 0 bridgehead atoms. The molecule has 0 saturated heterocycles. The van der Waals surface area contributed by atoms with Gasteiger partial charge in [0.15, 0.2) is 0 Å². The smallest absolute Gasteiger partial charge is 0.230 e. The van der Waals surface area contributed by atoms with Crippen LogP contribution in [0, 0.1) is 5.41 Å². The van der Waals surface area contributed by atoms with Crippen LogP contribution in [-0.4, -0.2) is 5.91 Å². The summed E-state index contributed by atoms with van der Waals surface area (Å²) in [7, 11) is 0. The van der Waals surface area contributed by atoms with Gasteiger partial charge < -0.3 is 11.1 Å². The normalized spacial score (nSPS) is 18.0. The molecule has 3 nitrogen and oxygen atoms in total. The van der Waals surface area contributed by atoms with E-state index >= 15 is 0 Å². The maximum absolute atomic E-state index is 12.2. The van der Waals surface area contributed by atoms with Gasteiger partial charge in [-0.1, -0.05) is 31.4 Å². The summed E-state index contributed by atoms with van der Waals surface area (Å²) in [6, 6.07) is 5.10. The van der Waals surface area contributed by atoms with E-state index in [1.807, 2.05) is 6.92 Å². The quantitative estimate of drug-likeness (QED) is 0.793. The molecule has 4 heteroatoms. The fourth-order valence-corrected chi connectivity index (χ4v) is 2.46. The number of hydrogen-bond donors (Lipinski definition) is 2. The third-order valence-electron chi connectivity index (χ3n) is 3.52. The van der Waals surface area contributed by atoms with Gasteiger partial charge in [-0.15, -0.1) is 0 Å². The van der Waals surface area contributed by atoms with Crippen molar-refractivity contribution in [3.05, 3.63) is 23.2 Å². The molecule has 0 spiro atoms. The Kier molecular flexibility index (Phi) is 3.29. The van der Waals surface area contributed by atoms with E-state index in [-0.39, 0.29) is 11.3 Å². The summed E-state index contributed by atoms with van der Waals surface area (Å²) in [6.45, 7) is 2.01. The highest BCUT2D eigenvalue weighted by Crippen LogP contribution is 2.39. The number of nitrogens with two attached hydrogens (primary N) is 1. The first-order valence-corrected chi connectivity index (χ1v) is 6.25. The zero-order chi connectivity index (χ0) is 12.5. The predicted molar refractivity (Wildman–Crippen MR) is 71.1 cm³/mol. The first-order chi connectivity index (χ1) is 8.01. The van der Waals surface area contributed by atoms with Crippen molar-refractivity contribution in [2.75, 3.05) is 11.1 Å². The summed E-state index contributed by atoms with van der Waals surface area (Å²) < 4.78 is 0. The topological polar surface area (TPSA) is 55.1 Å². The van der Waals surface area contributed by atoms with Crippen molar-refractivity contribution < 1.29 is 4.79 Å². The van der Waals surface area contributed by atoms with E-state index in [1.54, 1.807) is 18.2 Å². The van der Waals surface area contributed by atoms with E-state index in [0.717, 1.165) is 25.7 Å². The number of halogens is 1. The van der Waals surface area contributed by atoms with Gasteiger partial charge in [0.25, 0.3) is 0 Å². The first kappa shape index (κ1) is 12.2. The van der Waals surface area contributed by atoms with E-state index in [9.17, 15) is 4.79 Å². The SMILES string of the molecule is CC1(C(=O)Nc2cc(Cl)ccc2N)CCCC1. The fourth-order valence-electron chi connectivity index (χ4n) is 2.29. The number of amides is 1. The number of nitrogens with one attached hydrogen (secondary N) is 1. The lowest BCUT2D eigenvalue weighted by molar-refractivity contribution is -0.124. The Labute approximate surface area is 106 Å². The molecular formula is C13H17ClN2O. The van der Waals surface area contributed by atoms with Crippen LogP contribution >= 0.6 is 11.6 Å². The van der Waals surface area contributed by atoms with Gasteiger partial charge in [-0.2, -0.15) is 0 Å². The first-order valence-electron chi connectivity index (χ1n) is 5.88. The molecule has 2 rings (SSSR count). The van der Waals surface area contributed by atoms with Crippen molar-refractivity contribution in [3.63, 3.8) is 0 Å². The Morgan fingerprint density at radius 1 is 1.41 bits per heavy atom. The highest BCUT2D eigenvalue weighted by molar-refractivity contribution is 6.31. The van der Waals surface area contributed by atoms with Crippen LogP contribution in [0.15, 0.2) is 18.2 Å². The van der Waals surface area contributed by atoms with Crippen molar-refractivity contribution in [3.8, 4) is 0 Å². The molecule has 0 radical (unpaired) electrons. The molecular weight excluding hydrogens is 236 g/mol. The van der Waals surface area contributed by atoms with Gasteiger partial charge in [-0.25, -0.2) is 0 Å². The molecule has 1 saturated carbocycles. The summed E-state index contributed by atoms with van der Waals surface area (Å²) in [4.78, 5) is 12.2. The van der Waals surface area contributed by atoms with Gasteiger partial charge in [0.2, 0.25) is 5.91 Å². The number of nitrogen functional groups attached to an aromatic ring is 1. The lowest BCUT2D eigenvalue weighted by Crippen LogP contribution is -2.31. The summed E-state index contributed by atoms with van der Waals surface area (Å²) in [5.41, 5.74) is 6.70. The number of hydrogen-bond acceptors (Lipinski definition) is 2. The Hall–Kier alpha value is -1.22. The molecule has 1 aromatic carbocycles. The highest BCUT2D eigenvalue weighted by Gasteiger charge is 2.36. The maximum Gasteiger partial charge on any atom is 0.230 e. The number of rotatable bonds is 2. The van der Waals surface area contributed by atoms with Crippen LogP contribution in [0.2, 0.25) is 5.02 Å². The molecule has 0 unspecified atom stereocenters. The minimum Gasteiger partial charge on any atom is -0.397 e. The minimum absolute atomic E-state index is 0.0453. The average molecular weight is 253 g/mol. The van der Waals surface area contributed by atoms with Gasteiger partial charge >= 0.3 is 0 Å². The van der Waals surface area contributed by atoms with Gasteiger partial charge in [0.1, 0.15) is 0 Å². The zero-order valence-electron chi connectivity index (χ0n) is 9.92. The van der Waals surface area contributed by atoms with E-state index in [1.165, 1.54) is 0 Å². The van der Waals surface area contributed by atoms with E-state index < -0.39 is 0 Å². The molecule has 0 atom stereocenters. The molecule has 3 N–H and O–H groups in total. The number of carbonyl (C=O) groups is 1. The molecule has 0 aliphatic heterocycles. The van der Waals surface area contributed by atoms with Crippen LogP contribution < -0.4 is 11.1 Å². The number of carbonyl (C=O) groups excluding carboxylic acids is 1. The van der Waals surface area contributed by atoms with Crippen molar-refractivity contribution in [1.82, 2.24) is 0 Å².